The van der Waals surface area contributed by atoms with E-state index < -0.39 is 11.9 Å². The first-order valence-electron chi connectivity index (χ1n) is 25.1. The van der Waals surface area contributed by atoms with E-state index in [4.69, 9.17) is 18.9 Å². The summed E-state index contributed by atoms with van der Waals surface area (Å²) in [6.45, 7) is 8.25. The number of hydrogen-bond acceptors (Lipinski definition) is 10. The van der Waals surface area contributed by atoms with Gasteiger partial charge in [0.25, 0.3) is 0 Å². The molecule has 4 unspecified atom stereocenters. The van der Waals surface area contributed by atoms with Gasteiger partial charge in [0.2, 0.25) is 0 Å². The van der Waals surface area contributed by atoms with Gasteiger partial charge in [-0.05, 0) is 88.2 Å². The molecule has 2 rings (SSSR count). The molecule has 0 aliphatic heterocycles. The summed E-state index contributed by atoms with van der Waals surface area (Å²) >= 11 is 0. The number of esters is 2. The zero-order chi connectivity index (χ0) is 46.9. The third-order valence-corrected chi connectivity index (χ3v) is 11.5. The Balaban J connectivity index is 0.00000124. The summed E-state index contributed by atoms with van der Waals surface area (Å²) in [4.78, 5) is 44.9. The third-order valence-electron chi connectivity index (χ3n) is 11.5. The standard InChI is InChI=1S/2C27H44O5.Ba/c2*1-3-4-5-6-7-8-9-10-14-17-26(32-23(2)28)19-18-25(20-21-27(29)30)31-22-24-15-12-11-13-16-24;/h2*11-13,15-16,25-26H,3-10,14,17-22H2,1-2H3,(H,29,30);/q;;+2/p-2. The maximum absolute atomic E-state index is 11.5. The average Bonchev–Trinajstić information content (AvgIpc) is 3.27. The fraction of sp³-hybridized carbons (Fsp3) is 0.704. The number of carboxylic acid groups (broad SMARTS) is 2. The van der Waals surface area contributed by atoms with Crippen LogP contribution in [0.4, 0.5) is 0 Å². The van der Waals surface area contributed by atoms with Crippen molar-refractivity contribution < 1.29 is 48.3 Å². The molecule has 0 aliphatic rings. The van der Waals surface area contributed by atoms with Gasteiger partial charge in [-0.2, -0.15) is 0 Å². The van der Waals surface area contributed by atoms with Crippen LogP contribution in [-0.2, 0) is 51.3 Å². The summed E-state index contributed by atoms with van der Waals surface area (Å²) in [6, 6.07) is 19.7. The Bertz CT molecular complexity index is 1320. The molecule has 0 bridgehead atoms. The van der Waals surface area contributed by atoms with Gasteiger partial charge >= 0.3 is 60.8 Å². The molecule has 65 heavy (non-hydrogen) atoms. The van der Waals surface area contributed by atoms with Gasteiger partial charge in [0, 0.05) is 25.8 Å². The Kier molecular flexibility index (Phi) is 42.8. The molecule has 2 aromatic carbocycles. The minimum Gasteiger partial charge on any atom is -0.550 e. The van der Waals surface area contributed by atoms with Crippen LogP contribution in [-0.4, -0.2) is 97.2 Å². The topological polar surface area (TPSA) is 151 Å². The third kappa shape index (κ3) is 40.6. The number of carbonyl (C=O) groups is 4. The second kappa shape index (κ2) is 44.3. The normalized spacial score (nSPS) is 12.7. The van der Waals surface area contributed by atoms with Crippen molar-refractivity contribution in [2.75, 3.05) is 0 Å². The Morgan fingerprint density at radius 2 is 0.708 bits per heavy atom. The molecule has 0 spiro atoms. The van der Waals surface area contributed by atoms with Gasteiger partial charge in [0.15, 0.2) is 0 Å². The molecule has 0 heterocycles. The van der Waals surface area contributed by atoms with Crippen molar-refractivity contribution in [3.8, 4) is 0 Å². The summed E-state index contributed by atoms with van der Waals surface area (Å²) in [5.74, 6) is -2.65. The summed E-state index contributed by atoms with van der Waals surface area (Å²) in [7, 11) is 0. The number of rotatable bonds is 40. The molecule has 0 radical (unpaired) electrons. The van der Waals surface area contributed by atoms with E-state index in [1.165, 1.54) is 104 Å². The zero-order valence-corrected chi connectivity index (χ0v) is 45.5. The molecule has 0 saturated heterocycles. The fourth-order valence-electron chi connectivity index (χ4n) is 7.86. The Morgan fingerprint density at radius 3 is 1.00 bits per heavy atom. The van der Waals surface area contributed by atoms with Crippen LogP contribution in [0.15, 0.2) is 60.7 Å². The molecule has 364 valence electrons. The molecule has 10 nitrogen and oxygen atoms in total. The monoisotopic (exact) mass is 1030 g/mol. The van der Waals surface area contributed by atoms with E-state index >= 15 is 0 Å². The molecule has 0 amide bonds. The number of aliphatic carboxylic acids is 2. The average molecular weight is 1030 g/mol. The number of benzene rings is 2. The van der Waals surface area contributed by atoms with E-state index in [0.717, 1.165) is 49.7 Å². The van der Waals surface area contributed by atoms with Crippen molar-refractivity contribution in [3.63, 3.8) is 0 Å². The van der Waals surface area contributed by atoms with Crippen molar-refractivity contribution in [3.05, 3.63) is 71.8 Å². The molecule has 2 aromatic rings. The van der Waals surface area contributed by atoms with Crippen LogP contribution in [0, 0.1) is 0 Å². The predicted molar refractivity (Wildman–Crippen MR) is 258 cm³/mol. The molecule has 4 atom stereocenters. The minimum atomic E-state index is -1.07. The van der Waals surface area contributed by atoms with Gasteiger partial charge < -0.3 is 38.7 Å². The minimum absolute atomic E-state index is 0. The Labute approximate surface area is 434 Å². The summed E-state index contributed by atoms with van der Waals surface area (Å²) in [5.41, 5.74) is 2.11. The number of carbonyl (C=O) groups excluding carboxylic acids is 4. The van der Waals surface area contributed by atoms with E-state index in [1.54, 1.807) is 0 Å². The van der Waals surface area contributed by atoms with Gasteiger partial charge in [-0.1, -0.05) is 177 Å². The van der Waals surface area contributed by atoms with Crippen molar-refractivity contribution >= 4 is 72.8 Å². The van der Waals surface area contributed by atoms with E-state index in [2.05, 4.69) is 13.8 Å². The zero-order valence-electron chi connectivity index (χ0n) is 41.1. The van der Waals surface area contributed by atoms with E-state index in [9.17, 15) is 29.4 Å². The van der Waals surface area contributed by atoms with Crippen molar-refractivity contribution in [2.45, 2.75) is 245 Å². The quantitative estimate of drug-likeness (QED) is 0.0358. The first-order chi connectivity index (χ1) is 31.0. The summed E-state index contributed by atoms with van der Waals surface area (Å²) in [6.07, 6.45) is 27.1. The SMILES string of the molecule is CCCCCCCCCCCC(CCC(CCC(=O)[O-])OCc1ccccc1)OC(C)=O.CCCCCCCCCCCC(CCC(CCC(=O)[O-])OCc1ccccc1)OC(C)=O.[Ba+2]. The largest absolute Gasteiger partial charge is 2.00 e. The van der Waals surface area contributed by atoms with Crippen LogP contribution in [0.3, 0.4) is 0 Å². The van der Waals surface area contributed by atoms with Crippen molar-refractivity contribution in [1.29, 1.82) is 0 Å². The number of ether oxygens (including phenoxy) is 4. The molecule has 0 fully saturated rings. The Hall–Kier alpha value is -2.19. The second-order valence-electron chi connectivity index (χ2n) is 17.5. The van der Waals surface area contributed by atoms with E-state index in [0.29, 0.717) is 51.7 Å². The van der Waals surface area contributed by atoms with Gasteiger partial charge in [0.1, 0.15) is 12.2 Å². The number of hydrogen-bond donors (Lipinski definition) is 0. The molecular weight excluding hydrogens is 946 g/mol. The van der Waals surface area contributed by atoms with Crippen LogP contribution < -0.4 is 10.2 Å². The van der Waals surface area contributed by atoms with Crippen LogP contribution in [0.25, 0.3) is 0 Å². The summed E-state index contributed by atoms with van der Waals surface area (Å²) in [5, 5.41) is 21.9. The molecule has 11 heteroatoms. The van der Waals surface area contributed by atoms with E-state index in [-0.39, 0.29) is 98.1 Å². The van der Waals surface area contributed by atoms with Gasteiger partial charge in [0.05, 0.1) is 25.4 Å². The smallest absolute Gasteiger partial charge is 0.550 e. The van der Waals surface area contributed by atoms with Gasteiger partial charge in [-0.25, -0.2) is 0 Å². The predicted octanol–water partition coefficient (Wildman–Crippen LogP) is 11.1. The van der Waals surface area contributed by atoms with E-state index in [1.807, 2.05) is 60.7 Å². The molecule has 0 aromatic heterocycles. The van der Waals surface area contributed by atoms with Gasteiger partial charge in [-0.3, -0.25) is 9.59 Å². The van der Waals surface area contributed by atoms with Crippen LogP contribution >= 0.6 is 0 Å². The first-order valence-corrected chi connectivity index (χ1v) is 25.1. The maximum atomic E-state index is 11.5. The number of carboxylic acids is 2. The Morgan fingerprint density at radius 1 is 0.415 bits per heavy atom. The number of unbranched alkanes of at least 4 members (excludes halogenated alkanes) is 16. The van der Waals surface area contributed by atoms with Crippen LogP contribution in [0.5, 0.6) is 0 Å². The van der Waals surface area contributed by atoms with Gasteiger partial charge in [-0.15, -0.1) is 0 Å². The maximum Gasteiger partial charge on any atom is 2.00 e. The van der Waals surface area contributed by atoms with Crippen LogP contribution in [0.2, 0.25) is 0 Å². The summed E-state index contributed by atoms with van der Waals surface area (Å²) < 4.78 is 23.1. The fourth-order valence-corrected chi connectivity index (χ4v) is 7.86. The van der Waals surface area contributed by atoms with Crippen LogP contribution in [0.1, 0.15) is 219 Å². The molecule has 0 aliphatic carbocycles. The molecule has 0 N–H and O–H groups in total. The first kappa shape index (κ1) is 62.8. The van der Waals surface area contributed by atoms with Crippen molar-refractivity contribution in [2.24, 2.45) is 0 Å². The van der Waals surface area contributed by atoms with Crippen molar-refractivity contribution in [1.82, 2.24) is 0 Å². The second-order valence-corrected chi connectivity index (χ2v) is 17.5. The molecule has 0 saturated carbocycles. The molecular formula is C54H86BaO10.